The van der Waals surface area contributed by atoms with Crippen molar-refractivity contribution in [2.24, 2.45) is 0 Å². The molecule has 30 heavy (non-hydrogen) atoms. The fourth-order valence-electron chi connectivity index (χ4n) is 3.08. The van der Waals surface area contributed by atoms with E-state index in [1.165, 1.54) is 17.3 Å². The summed E-state index contributed by atoms with van der Waals surface area (Å²) in [5.74, 6) is 1.21. The van der Waals surface area contributed by atoms with Gasteiger partial charge in [-0.2, -0.15) is 0 Å². The number of ether oxygens (including phenoxy) is 2. The van der Waals surface area contributed by atoms with Crippen LogP contribution >= 0.6 is 11.8 Å². The van der Waals surface area contributed by atoms with E-state index < -0.39 is 0 Å². The second-order valence-corrected chi connectivity index (χ2v) is 8.25. The number of benzene rings is 2. The number of carbonyl (C=O) groups is 1. The Morgan fingerprint density at radius 1 is 1.13 bits per heavy atom. The molecule has 1 atom stereocenters. The molecule has 3 aromatic rings. The van der Waals surface area contributed by atoms with Gasteiger partial charge in [0.15, 0.2) is 16.7 Å². The van der Waals surface area contributed by atoms with Crippen LogP contribution in [-0.2, 0) is 11.3 Å². The van der Waals surface area contributed by atoms with Crippen molar-refractivity contribution in [3.63, 3.8) is 0 Å². The Morgan fingerprint density at radius 2 is 1.90 bits per heavy atom. The third kappa shape index (κ3) is 4.94. The number of aromatic nitrogens is 3. The zero-order valence-electron chi connectivity index (χ0n) is 17.8. The standard InChI is InChI=1S/C22H26N4O3S/c1-14-6-8-18(15(2)10-14)26-13-24-25-22(26)30-16(3)21(27)23-12-17-7-9-19(28-4)20(11-17)29-5/h6-11,13,16H,12H2,1-5H3,(H,23,27). The van der Waals surface area contributed by atoms with Gasteiger partial charge in [-0.1, -0.05) is 35.5 Å². The summed E-state index contributed by atoms with van der Waals surface area (Å²) >= 11 is 1.37. The SMILES string of the molecule is COc1ccc(CNC(=O)C(C)Sc2nncn2-c2ccc(C)cc2C)cc1OC. The molecule has 0 aliphatic carbocycles. The molecule has 1 aromatic heterocycles. The first-order valence-electron chi connectivity index (χ1n) is 9.56. The molecule has 8 heteroatoms. The van der Waals surface area contributed by atoms with E-state index in [9.17, 15) is 4.79 Å². The Labute approximate surface area is 180 Å². The van der Waals surface area contributed by atoms with Crippen LogP contribution in [0.4, 0.5) is 0 Å². The molecule has 0 saturated carbocycles. The summed E-state index contributed by atoms with van der Waals surface area (Å²) < 4.78 is 12.5. The maximum Gasteiger partial charge on any atom is 0.233 e. The molecule has 158 valence electrons. The zero-order chi connectivity index (χ0) is 21.7. The third-order valence-electron chi connectivity index (χ3n) is 4.69. The highest BCUT2D eigenvalue weighted by Crippen LogP contribution is 2.28. The summed E-state index contributed by atoms with van der Waals surface area (Å²) in [6.07, 6.45) is 1.67. The summed E-state index contributed by atoms with van der Waals surface area (Å²) in [7, 11) is 3.18. The highest BCUT2D eigenvalue weighted by Gasteiger charge is 2.19. The Hall–Kier alpha value is -3.00. The first-order valence-corrected chi connectivity index (χ1v) is 10.4. The van der Waals surface area contributed by atoms with E-state index in [1.54, 1.807) is 20.5 Å². The minimum atomic E-state index is -0.334. The number of hydrogen-bond acceptors (Lipinski definition) is 6. The second kappa shape index (κ2) is 9.67. The molecule has 1 unspecified atom stereocenters. The minimum Gasteiger partial charge on any atom is -0.493 e. The summed E-state index contributed by atoms with van der Waals surface area (Å²) in [6, 6.07) is 11.8. The van der Waals surface area contributed by atoms with Gasteiger partial charge in [0.25, 0.3) is 0 Å². The molecule has 2 aromatic carbocycles. The number of amides is 1. The van der Waals surface area contributed by atoms with Crippen molar-refractivity contribution in [2.45, 2.75) is 37.7 Å². The maximum atomic E-state index is 12.6. The molecule has 0 aliphatic rings. The normalized spacial score (nSPS) is 11.8. The van der Waals surface area contributed by atoms with Crippen LogP contribution in [0.1, 0.15) is 23.6 Å². The number of rotatable bonds is 8. The van der Waals surface area contributed by atoms with Gasteiger partial charge in [-0.3, -0.25) is 9.36 Å². The summed E-state index contributed by atoms with van der Waals surface area (Å²) in [6.45, 7) is 6.36. The van der Waals surface area contributed by atoms with Crippen LogP contribution in [0.2, 0.25) is 0 Å². The van der Waals surface area contributed by atoms with Crippen molar-refractivity contribution in [2.75, 3.05) is 14.2 Å². The number of thioether (sulfide) groups is 1. The van der Waals surface area contributed by atoms with Crippen molar-refractivity contribution < 1.29 is 14.3 Å². The lowest BCUT2D eigenvalue weighted by Crippen LogP contribution is -2.30. The lowest BCUT2D eigenvalue weighted by molar-refractivity contribution is -0.120. The largest absolute Gasteiger partial charge is 0.493 e. The van der Waals surface area contributed by atoms with Crippen LogP contribution in [-0.4, -0.2) is 40.1 Å². The van der Waals surface area contributed by atoms with Gasteiger partial charge in [-0.15, -0.1) is 10.2 Å². The van der Waals surface area contributed by atoms with Gasteiger partial charge in [0.1, 0.15) is 6.33 Å². The predicted octanol–water partition coefficient (Wildman–Crippen LogP) is 3.70. The molecular formula is C22H26N4O3S. The Kier molecular flexibility index (Phi) is 6.99. The van der Waals surface area contributed by atoms with Gasteiger partial charge in [0.2, 0.25) is 5.91 Å². The summed E-state index contributed by atoms with van der Waals surface area (Å²) in [4.78, 5) is 12.6. The first kappa shape index (κ1) is 21.7. The highest BCUT2D eigenvalue weighted by atomic mass is 32.2. The molecule has 7 nitrogen and oxygen atoms in total. The molecule has 3 rings (SSSR count). The van der Waals surface area contributed by atoms with Crippen molar-refractivity contribution in [1.29, 1.82) is 0 Å². The van der Waals surface area contributed by atoms with Gasteiger partial charge < -0.3 is 14.8 Å². The fourth-order valence-corrected chi connectivity index (χ4v) is 3.94. The molecule has 0 saturated heterocycles. The summed E-state index contributed by atoms with van der Waals surface area (Å²) in [5.41, 5.74) is 4.26. The highest BCUT2D eigenvalue weighted by molar-refractivity contribution is 8.00. The van der Waals surface area contributed by atoms with E-state index >= 15 is 0 Å². The topological polar surface area (TPSA) is 78.3 Å². The van der Waals surface area contributed by atoms with E-state index in [1.807, 2.05) is 35.8 Å². The lowest BCUT2D eigenvalue weighted by atomic mass is 10.1. The average molecular weight is 427 g/mol. The second-order valence-electron chi connectivity index (χ2n) is 6.94. The van der Waals surface area contributed by atoms with E-state index in [4.69, 9.17) is 9.47 Å². The number of methoxy groups -OCH3 is 2. The smallest absolute Gasteiger partial charge is 0.233 e. The quantitative estimate of drug-likeness (QED) is 0.554. The molecule has 1 amide bonds. The molecule has 1 N–H and O–H groups in total. The van der Waals surface area contributed by atoms with Crippen molar-refractivity contribution in [3.8, 4) is 17.2 Å². The maximum absolute atomic E-state index is 12.6. The minimum absolute atomic E-state index is 0.0787. The lowest BCUT2D eigenvalue weighted by Gasteiger charge is -2.14. The number of nitrogens with one attached hydrogen (secondary N) is 1. The van der Waals surface area contributed by atoms with Crippen molar-refractivity contribution in [1.82, 2.24) is 20.1 Å². The Morgan fingerprint density at radius 3 is 2.60 bits per heavy atom. The molecule has 0 aliphatic heterocycles. The molecule has 0 fully saturated rings. The van der Waals surface area contributed by atoms with Crippen LogP contribution in [0.15, 0.2) is 47.9 Å². The molecule has 1 heterocycles. The van der Waals surface area contributed by atoms with Crippen LogP contribution < -0.4 is 14.8 Å². The third-order valence-corrected chi connectivity index (χ3v) is 5.75. The first-order chi connectivity index (χ1) is 14.4. The van der Waals surface area contributed by atoms with Gasteiger partial charge >= 0.3 is 0 Å². The predicted molar refractivity (Wildman–Crippen MR) is 118 cm³/mol. The average Bonchev–Trinajstić information content (AvgIpc) is 3.19. The zero-order valence-corrected chi connectivity index (χ0v) is 18.6. The van der Waals surface area contributed by atoms with E-state index in [-0.39, 0.29) is 11.2 Å². The summed E-state index contributed by atoms with van der Waals surface area (Å²) in [5, 5.41) is 11.5. The van der Waals surface area contributed by atoms with Crippen LogP contribution in [0, 0.1) is 13.8 Å². The fraction of sp³-hybridized carbons (Fsp3) is 0.318. The van der Waals surface area contributed by atoms with Crippen molar-refractivity contribution >= 4 is 17.7 Å². The molecule has 0 radical (unpaired) electrons. The molecule has 0 spiro atoms. The van der Waals surface area contributed by atoms with Crippen molar-refractivity contribution in [3.05, 3.63) is 59.4 Å². The van der Waals surface area contributed by atoms with Gasteiger partial charge in [0, 0.05) is 6.54 Å². The van der Waals surface area contributed by atoms with Gasteiger partial charge in [-0.25, -0.2) is 0 Å². The van der Waals surface area contributed by atoms with E-state index in [2.05, 4.69) is 41.5 Å². The Balaban J connectivity index is 1.65. The van der Waals surface area contributed by atoms with Crippen LogP contribution in [0.25, 0.3) is 5.69 Å². The van der Waals surface area contributed by atoms with E-state index in [0.29, 0.717) is 23.2 Å². The number of carbonyl (C=O) groups excluding carboxylic acids is 1. The monoisotopic (exact) mass is 426 g/mol. The van der Waals surface area contributed by atoms with Gasteiger partial charge in [0.05, 0.1) is 25.2 Å². The number of aryl methyl sites for hydroxylation is 2. The van der Waals surface area contributed by atoms with Crippen LogP contribution in [0.3, 0.4) is 0 Å². The number of nitrogens with zero attached hydrogens (tertiary/aromatic N) is 3. The van der Waals surface area contributed by atoms with E-state index in [0.717, 1.165) is 16.8 Å². The number of hydrogen-bond donors (Lipinski definition) is 1. The molecule has 0 bridgehead atoms. The van der Waals surface area contributed by atoms with Gasteiger partial charge in [-0.05, 0) is 50.1 Å². The Bertz CT molecular complexity index is 1030. The molecular weight excluding hydrogens is 400 g/mol. The van der Waals surface area contributed by atoms with Crippen LogP contribution in [0.5, 0.6) is 11.5 Å².